The predicted molar refractivity (Wildman–Crippen MR) is 44.5 cm³/mol. The van der Waals surface area contributed by atoms with Crippen LogP contribution in [-0.2, 0) is 14.3 Å². The number of amides is 1. The van der Waals surface area contributed by atoms with E-state index in [-0.39, 0.29) is 12.5 Å². The van der Waals surface area contributed by atoms with E-state index in [0.29, 0.717) is 6.54 Å². The van der Waals surface area contributed by atoms with Gasteiger partial charge in [-0.3, -0.25) is 9.59 Å². The summed E-state index contributed by atoms with van der Waals surface area (Å²) in [6.45, 7) is 5.21. The molecule has 0 heterocycles. The van der Waals surface area contributed by atoms with Crippen LogP contribution >= 0.6 is 0 Å². The maximum Gasteiger partial charge on any atom is 0.325 e. The third-order valence-corrected chi connectivity index (χ3v) is 1.34. The highest BCUT2D eigenvalue weighted by Crippen LogP contribution is 1.90. The van der Waals surface area contributed by atoms with Gasteiger partial charge in [0.05, 0.1) is 7.11 Å². The highest BCUT2D eigenvalue weighted by molar-refractivity contribution is 5.80. The Morgan fingerprint density at radius 2 is 2.17 bits per heavy atom. The van der Waals surface area contributed by atoms with Crippen LogP contribution in [0.1, 0.15) is 6.92 Å². The summed E-state index contributed by atoms with van der Waals surface area (Å²) in [5.74, 6) is -0.590. The molecule has 0 aliphatic carbocycles. The zero-order valence-electron chi connectivity index (χ0n) is 7.37. The molecular weight excluding hydrogens is 158 g/mol. The van der Waals surface area contributed by atoms with Crippen LogP contribution in [-0.4, -0.2) is 37.0 Å². The molecule has 0 spiro atoms. The van der Waals surface area contributed by atoms with Gasteiger partial charge in [0.15, 0.2) is 0 Å². The zero-order chi connectivity index (χ0) is 9.56. The van der Waals surface area contributed by atoms with E-state index in [1.54, 1.807) is 6.08 Å². The van der Waals surface area contributed by atoms with Gasteiger partial charge in [-0.15, -0.1) is 6.58 Å². The smallest absolute Gasteiger partial charge is 0.325 e. The number of carbonyl (C=O) groups excluding carboxylic acids is 2. The summed E-state index contributed by atoms with van der Waals surface area (Å²) in [6.07, 6.45) is 1.56. The summed E-state index contributed by atoms with van der Waals surface area (Å²) >= 11 is 0. The highest BCUT2D eigenvalue weighted by Gasteiger charge is 2.11. The normalized spacial score (nSPS) is 8.83. The van der Waals surface area contributed by atoms with Crippen molar-refractivity contribution in [3.05, 3.63) is 12.7 Å². The molecule has 0 aromatic carbocycles. The van der Waals surface area contributed by atoms with Gasteiger partial charge >= 0.3 is 5.97 Å². The monoisotopic (exact) mass is 171 g/mol. The number of hydrogen-bond acceptors (Lipinski definition) is 3. The minimum absolute atomic E-state index is 0.0160. The third-order valence-electron chi connectivity index (χ3n) is 1.34. The molecule has 0 N–H and O–H groups in total. The molecule has 0 aliphatic rings. The van der Waals surface area contributed by atoms with Gasteiger partial charge in [0.2, 0.25) is 5.91 Å². The minimum atomic E-state index is -0.424. The van der Waals surface area contributed by atoms with Gasteiger partial charge in [0, 0.05) is 13.5 Å². The molecule has 4 heteroatoms. The molecule has 0 rings (SSSR count). The van der Waals surface area contributed by atoms with Gasteiger partial charge in [-0.05, 0) is 0 Å². The van der Waals surface area contributed by atoms with Crippen molar-refractivity contribution >= 4 is 11.9 Å². The van der Waals surface area contributed by atoms with Gasteiger partial charge in [-0.25, -0.2) is 0 Å². The first-order valence-corrected chi connectivity index (χ1v) is 3.55. The molecule has 0 radical (unpaired) electrons. The lowest BCUT2D eigenvalue weighted by Crippen LogP contribution is -2.34. The van der Waals surface area contributed by atoms with Crippen LogP contribution in [0.5, 0.6) is 0 Å². The topological polar surface area (TPSA) is 46.6 Å². The zero-order valence-corrected chi connectivity index (χ0v) is 7.37. The molecule has 0 aliphatic heterocycles. The van der Waals surface area contributed by atoms with Crippen LogP contribution in [0, 0.1) is 0 Å². The SMILES string of the molecule is C=CCN(CC(=O)OC)C(C)=O. The van der Waals surface area contributed by atoms with Crippen LogP contribution in [0.3, 0.4) is 0 Å². The van der Waals surface area contributed by atoms with E-state index < -0.39 is 5.97 Å². The molecule has 0 atom stereocenters. The van der Waals surface area contributed by atoms with Gasteiger partial charge < -0.3 is 9.64 Å². The standard InChI is InChI=1S/C8H13NO3/c1-4-5-9(7(2)10)6-8(11)12-3/h4H,1,5-6H2,2-3H3. The Kier molecular flexibility index (Phi) is 4.76. The average molecular weight is 171 g/mol. The second-order valence-corrected chi connectivity index (χ2v) is 2.26. The molecule has 68 valence electrons. The molecule has 4 nitrogen and oxygen atoms in total. The Hall–Kier alpha value is -1.32. The van der Waals surface area contributed by atoms with Crippen molar-refractivity contribution in [2.45, 2.75) is 6.92 Å². The van der Waals surface area contributed by atoms with Crippen molar-refractivity contribution in [1.82, 2.24) is 4.90 Å². The van der Waals surface area contributed by atoms with Crippen molar-refractivity contribution in [3.8, 4) is 0 Å². The van der Waals surface area contributed by atoms with Crippen LogP contribution < -0.4 is 0 Å². The Bertz CT molecular complexity index is 189. The molecule has 0 bridgehead atoms. The summed E-state index contributed by atoms with van der Waals surface area (Å²) < 4.78 is 4.41. The van der Waals surface area contributed by atoms with Crippen LogP contribution in [0.15, 0.2) is 12.7 Å². The number of hydrogen-bond donors (Lipinski definition) is 0. The fourth-order valence-electron chi connectivity index (χ4n) is 0.681. The molecule has 0 aromatic heterocycles. The van der Waals surface area contributed by atoms with Gasteiger partial charge in [-0.2, -0.15) is 0 Å². The van der Waals surface area contributed by atoms with Crippen LogP contribution in [0.2, 0.25) is 0 Å². The first kappa shape index (κ1) is 10.7. The van der Waals surface area contributed by atoms with Crippen molar-refractivity contribution in [3.63, 3.8) is 0 Å². The Balaban J connectivity index is 4.03. The molecule has 12 heavy (non-hydrogen) atoms. The predicted octanol–water partition coefficient (Wildman–Crippen LogP) is 0.194. The average Bonchev–Trinajstić information content (AvgIpc) is 2.03. The van der Waals surface area contributed by atoms with E-state index in [9.17, 15) is 9.59 Å². The summed E-state index contributed by atoms with van der Waals surface area (Å²) in [4.78, 5) is 23.0. The highest BCUT2D eigenvalue weighted by atomic mass is 16.5. The Labute approximate surface area is 71.8 Å². The van der Waals surface area contributed by atoms with Crippen molar-refractivity contribution in [2.75, 3.05) is 20.2 Å². The minimum Gasteiger partial charge on any atom is -0.468 e. The molecule has 0 saturated carbocycles. The molecule has 0 fully saturated rings. The maximum absolute atomic E-state index is 10.9. The van der Waals surface area contributed by atoms with Crippen molar-refractivity contribution < 1.29 is 14.3 Å². The number of rotatable bonds is 4. The van der Waals surface area contributed by atoms with E-state index >= 15 is 0 Å². The quantitative estimate of drug-likeness (QED) is 0.448. The summed E-state index contributed by atoms with van der Waals surface area (Å²) in [7, 11) is 1.29. The second-order valence-electron chi connectivity index (χ2n) is 2.26. The van der Waals surface area contributed by atoms with Gasteiger partial charge in [-0.1, -0.05) is 6.08 Å². The van der Waals surface area contributed by atoms with E-state index in [2.05, 4.69) is 11.3 Å². The molecule has 0 aromatic rings. The Morgan fingerprint density at radius 1 is 1.58 bits per heavy atom. The van der Waals surface area contributed by atoms with Crippen molar-refractivity contribution in [2.24, 2.45) is 0 Å². The number of esters is 1. The van der Waals surface area contributed by atoms with E-state index in [4.69, 9.17) is 0 Å². The maximum atomic E-state index is 10.9. The van der Waals surface area contributed by atoms with E-state index in [1.165, 1.54) is 18.9 Å². The fourth-order valence-corrected chi connectivity index (χ4v) is 0.681. The van der Waals surface area contributed by atoms with Gasteiger partial charge in [0.25, 0.3) is 0 Å². The summed E-state index contributed by atoms with van der Waals surface area (Å²) in [5.41, 5.74) is 0. The molecular formula is C8H13NO3. The Morgan fingerprint density at radius 3 is 2.50 bits per heavy atom. The molecule has 0 saturated heterocycles. The number of methoxy groups -OCH3 is 1. The third kappa shape index (κ3) is 3.75. The lowest BCUT2D eigenvalue weighted by atomic mass is 10.4. The summed E-state index contributed by atoms with van der Waals surface area (Å²) in [5, 5.41) is 0. The number of carbonyl (C=O) groups is 2. The molecule has 0 unspecified atom stereocenters. The molecule has 1 amide bonds. The van der Waals surface area contributed by atoms with Crippen LogP contribution in [0.25, 0.3) is 0 Å². The van der Waals surface area contributed by atoms with E-state index in [0.717, 1.165) is 0 Å². The summed E-state index contributed by atoms with van der Waals surface area (Å²) in [6, 6.07) is 0. The first-order valence-electron chi connectivity index (χ1n) is 3.55. The van der Waals surface area contributed by atoms with Crippen LogP contribution in [0.4, 0.5) is 0 Å². The lowest BCUT2D eigenvalue weighted by molar-refractivity contribution is -0.146. The number of ether oxygens (including phenoxy) is 1. The number of nitrogens with zero attached hydrogens (tertiary/aromatic N) is 1. The largest absolute Gasteiger partial charge is 0.468 e. The van der Waals surface area contributed by atoms with Gasteiger partial charge in [0.1, 0.15) is 6.54 Å². The lowest BCUT2D eigenvalue weighted by Gasteiger charge is -2.16. The first-order chi connectivity index (χ1) is 5.61. The fraction of sp³-hybridized carbons (Fsp3) is 0.500. The van der Waals surface area contributed by atoms with Crippen molar-refractivity contribution in [1.29, 1.82) is 0 Å². The van der Waals surface area contributed by atoms with E-state index in [1.807, 2.05) is 0 Å². The second kappa shape index (κ2) is 5.35.